The first kappa shape index (κ1) is 10.7. The van der Waals surface area contributed by atoms with Crippen molar-refractivity contribution in [3.05, 3.63) is 64.6 Å². The highest BCUT2D eigenvalue weighted by molar-refractivity contribution is 5.75. The maximum Gasteiger partial charge on any atom is 0.326 e. The van der Waals surface area contributed by atoms with Crippen LogP contribution in [0.2, 0.25) is 0 Å². The molecule has 90 valence electrons. The Morgan fingerprint density at radius 2 is 2.17 bits per heavy atom. The van der Waals surface area contributed by atoms with E-state index in [-0.39, 0.29) is 11.5 Å². The van der Waals surface area contributed by atoms with E-state index in [1.54, 1.807) is 12.3 Å². The van der Waals surface area contributed by atoms with Gasteiger partial charge in [-0.25, -0.2) is 9.18 Å². The van der Waals surface area contributed by atoms with Gasteiger partial charge < -0.3 is 4.98 Å². The summed E-state index contributed by atoms with van der Waals surface area (Å²) >= 11 is 0. The van der Waals surface area contributed by atoms with Gasteiger partial charge in [-0.3, -0.25) is 9.55 Å². The van der Waals surface area contributed by atoms with Crippen molar-refractivity contribution >= 4 is 11.0 Å². The van der Waals surface area contributed by atoms with Crippen molar-refractivity contribution in [2.24, 2.45) is 0 Å². The molecule has 4 nitrogen and oxygen atoms in total. The molecule has 1 aromatic carbocycles. The zero-order chi connectivity index (χ0) is 12.5. The molecule has 2 heterocycles. The van der Waals surface area contributed by atoms with Crippen LogP contribution in [0, 0.1) is 5.82 Å². The summed E-state index contributed by atoms with van der Waals surface area (Å²) in [4.78, 5) is 18.6. The number of aromatic nitrogens is 3. The summed E-state index contributed by atoms with van der Waals surface area (Å²) in [5.74, 6) is -0.367. The third-order valence-electron chi connectivity index (χ3n) is 2.78. The van der Waals surface area contributed by atoms with E-state index in [0.717, 1.165) is 5.69 Å². The fourth-order valence-corrected chi connectivity index (χ4v) is 1.95. The maximum atomic E-state index is 13.1. The Kier molecular flexibility index (Phi) is 2.44. The number of aromatic amines is 1. The molecule has 0 saturated heterocycles. The van der Waals surface area contributed by atoms with Gasteiger partial charge in [0.1, 0.15) is 5.82 Å². The summed E-state index contributed by atoms with van der Waals surface area (Å²) in [7, 11) is 0. The van der Waals surface area contributed by atoms with Crippen LogP contribution in [0.4, 0.5) is 4.39 Å². The van der Waals surface area contributed by atoms with Crippen molar-refractivity contribution in [1.82, 2.24) is 14.5 Å². The predicted molar refractivity (Wildman–Crippen MR) is 65.9 cm³/mol. The molecule has 1 N–H and O–H groups in total. The Morgan fingerprint density at radius 1 is 1.28 bits per heavy atom. The first-order valence-corrected chi connectivity index (χ1v) is 5.52. The minimum absolute atomic E-state index is 0.263. The highest BCUT2D eigenvalue weighted by Gasteiger charge is 2.08. The Labute approximate surface area is 102 Å². The quantitative estimate of drug-likeness (QED) is 0.747. The molecule has 0 aliphatic carbocycles. The smallest absolute Gasteiger partial charge is 0.305 e. The number of H-pyrrole nitrogens is 1. The highest BCUT2D eigenvalue weighted by atomic mass is 19.1. The molecule has 5 heteroatoms. The summed E-state index contributed by atoms with van der Waals surface area (Å²) in [6.07, 6.45) is 1.68. The van der Waals surface area contributed by atoms with Crippen LogP contribution in [-0.4, -0.2) is 14.5 Å². The maximum absolute atomic E-state index is 13.1. The third kappa shape index (κ3) is 1.79. The fourth-order valence-electron chi connectivity index (χ4n) is 1.95. The van der Waals surface area contributed by atoms with Gasteiger partial charge in [0.05, 0.1) is 23.3 Å². The molecule has 3 aromatic rings. The number of nitrogens with one attached hydrogen (secondary N) is 1. The van der Waals surface area contributed by atoms with Crippen LogP contribution >= 0.6 is 0 Å². The summed E-state index contributed by atoms with van der Waals surface area (Å²) in [6, 6.07) is 9.76. The third-order valence-corrected chi connectivity index (χ3v) is 2.78. The van der Waals surface area contributed by atoms with Gasteiger partial charge in [0, 0.05) is 6.20 Å². The van der Waals surface area contributed by atoms with Crippen LogP contribution in [0.15, 0.2) is 47.4 Å². The predicted octanol–water partition coefficient (Wildman–Crippen LogP) is 1.91. The minimum Gasteiger partial charge on any atom is -0.305 e. The van der Waals surface area contributed by atoms with Gasteiger partial charge in [0.15, 0.2) is 0 Å². The van der Waals surface area contributed by atoms with Gasteiger partial charge in [0.25, 0.3) is 0 Å². The van der Waals surface area contributed by atoms with Gasteiger partial charge in [-0.05, 0) is 30.3 Å². The normalized spacial score (nSPS) is 10.9. The first-order chi connectivity index (χ1) is 8.74. The molecule has 0 aliphatic heterocycles. The van der Waals surface area contributed by atoms with Gasteiger partial charge in [0.2, 0.25) is 0 Å². The van der Waals surface area contributed by atoms with E-state index in [4.69, 9.17) is 0 Å². The zero-order valence-corrected chi connectivity index (χ0v) is 9.43. The van der Waals surface area contributed by atoms with Gasteiger partial charge in [-0.2, -0.15) is 0 Å². The van der Waals surface area contributed by atoms with Crippen molar-refractivity contribution in [1.29, 1.82) is 0 Å². The first-order valence-electron chi connectivity index (χ1n) is 5.52. The number of hydrogen-bond acceptors (Lipinski definition) is 2. The molecule has 0 bridgehead atoms. The lowest BCUT2D eigenvalue weighted by molar-refractivity contribution is 0.629. The summed E-state index contributed by atoms with van der Waals surface area (Å²) in [6.45, 7) is 0.366. The Bertz CT molecular complexity index is 746. The summed E-state index contributed by atoms with van der Waals surface area (Å²) < 4.78 is 14.6. The number of imidazole rings is 1. The topological polar surface area (TPSA) is 50.7 Å². The molecule has 2 aromatic heterocycles. The Balaban J connectivity index is 2.12. The fraction of sp³-hybridized carbons (Fsp3) is 0.0769. The van der Waals surface area contributed by atoms with Gasteiger partial charge >= 0.3 is 5.69 Å². The van der Waals surface area contributed by atoms with Crippen LogP contribution in [-0.2, 0) is 6.54 Å². The van der Waals surface area contributed by atoms with Crippen molar-refractivity contribution in [3.63, 3.8) is 0 Å². The number of benzene rings is 1. The van der Waals surface area contributed by atoms with E-state index < -0.39 is 0 Å². The van der Waals surface area contributed by atoms with E-state index in [1.165, 1.54) is 16.7 Å². The van der Waals surface area contributed by atoms with Gasteiger partial charge in [-0.15, -0.1) is 0 Å². The molecule has 0 atom stereocenters. The molecule has 0 unspecified atom stereocenters. The average molecular weight is 243 g/mol. The standard InChI is InChI=1S/C13H10FN3O/c14-9-4-5-12-11(7-9)16-13(18)17(12)8-10-3-1-2-6-15-10/h1-7H,8H2,(H,16,18). The van der Waals surface area contributed by atoms with Crippen LogP contribution in [0.5, 0.6) is 0 Å². The summed E-state index contributed by atoms with van der Waals surface area (Å²) in [5, 5.41) is 0. The van der Waals surface area contributed by atoms with Crippen molar-refractivity contribution in [3.8, 4) is 0 Å². The molecule has 0 radical (unpaired) electrons. The largest absolute Gasteiger partial charge is 0.326 e. The molecule has 0 spiro atoms. The average Bonchev–Trinajstić information content (AvgIpc) is 2.66. The van der Waals surface area contributed by atoms with Crippen molar-refractivity contribution < 1.29 is 4.39 Å². The lowest BCUT2D eigenvalue weighted by atomic mass is 10.3. The zero-order valence-electron chi connectivity index (χ0n) is 9.43. The van der Waals surface area contributed by atoms with E-state index in [1.807, 2.05) is 18.2 Å². The molecular formula is C13H10FN3O. The molecule has 3 rings (SSSR count). The van der Waals surface area contributed by atoms with E-state index in [9.17, 15) is 9.18 Å². The Hall–Kier alpha value is -2.43. The molecule has 18 heavy (non-hydrogen) atoms. The van der Waals surface area contributed by atoms with Crippen molar-refractivity contribution in [2.45, 2.75) is 6.54 Å². The van der Waals surface area contributed by atoms with Crippen molar-refractivity contribution in [2.75, 3.05) is 0 Å². The van der Waals surface area contributed by atoms with E-state index >= 15 is 0 Å². The van der Waals surface area contributed by atoms with E-state index in [0.29, 0.717) is 17.6 Å². The lowest BCUT2D eigenvalue weighted by Crippen LogP contribution is -2.17. The lowest BCUT2D eigenvalue weighted by Gasteiger charge is -2.02. The highest BCUT2D eigenvalue weighted by Crippen LogP contribution is 2.12. The molecular weight excluding hydrogens is 233 g/mol. The number of halogens is 1. The summed E-state index contributed by atoms with van der Waals surface area (Å²) in [5.41, 5.74) is 1.69. The number of fused-ring (bicyclic) bond motifs is 1. The van der Waals surface area contributed by atoms with Gasteiger partial charge in [-0.1, -0.05) is 6.07 Å². The number of pyridine rings is 1. The monoisotopic (exact) mass is 243 g/mol. The second-order valence-corrected chi connectivity index (χ2v) is 4.00. The van der Waals surface area contributed by atoms with Crippen LogP contribution in [0.1, 0.15) is 5.69 Å². The Morgan fingerprint density at radius 3 is 2.94 bits per heavy atom. The molecule has 0 aliphatic rings. The number of rotatable bonds is 2. The van der Waals surface area contributed by atoms with E-state index in [2.05, 4.69) is 9.97 Å². The van der Waals surface area contributed by atoms with Crippen LogP contribution in [0.3, 0.4) is 0 Å². The molecule has 0 fully saturated rings. The number of hydrogen-bond donors (Lipinski definition) is 1. The molecule has 0 amide bonds. The van der Waals surface area contributed by atoms with Crippen LogP contribution in [0.25, 0.3) is 11.0 Å². The number of nitrogens with zero attached hydrogens (tertiary/aromatic N) is 2. The second-order valence-electron chi connectivity index (χ2n) is 4.00. The van der Waals surface area contributed by atoms with Crippen LogP contribution < -0.4 is 5.69 Å². The molecule has 0 saturated carbocycles. The minimum atomic E-state index is -0.367. The second kappa shape index (κ2) is 4.10. The SMILES string of the molecule is O=c1[nH]c2cc(F)ccc2n1Cc1ccccn1.